The van der Waals surface area contributed by atoms with Gasteiger partial charge in [0.05, 0.1) is 13.7 Å². The SMILES string of the molecule is COc1c(C(C)C)cc(Br)c(C)c1CCON. The van der Waals surface area contributed by atoms with E-state index in [9.17, 15) is 0 Å². The average Bonchev–Trinajstić information content (AvgIpc) is 2.30. The van der Waals surface area contributed by atoms with Gasteiger partial charge < -0.3 is 9.57 Å². The minimum absolute atomic E-state index is 0.416. The molecule has 0 aromatic heterocycles. The van der Waals surface area contributed by atoms with Crippen molar-refractivity contribution in [1.82, 2.24) is 0 Å². The molecule has 1 aromatic carbocycles. The molecule has 0 saturated heterocycles. The normalized spacial score (nSPS) is 11.0. The standard InChI is InChI=1S/C13H20BrNO2/c1-8(2)11-7-12(14)9(3)10(5-6-17-15)13(11)16-4/h7-8H,5-6,15H2,1-4H3. The topological polar surface area (TPSA) is 44.5 Å². The summed E-state index contributed by atoms with van der Waals surface area (Å²) < 4.78 is 6.66. The molecule has 0 saturated carbocycles. The fourth-order valence-electron chi connectivity index (χ4n) is 1.93. The Morgan fingerprint density at radius 2 is 2.06 bits per heavy atom. The zero-order valence-electron chi connectivity index (χ0n) is 10.8. The van der Waals surface area contributed by atoms with Crippen molar-refractivity contribution in [2.24, 2.45) is 5.90 Å². The first kappa shape index (κ1) is 14.5. The number of benzene rings is 1. The fourth-order valence-corrected chi connectivity index (χ4v) is 2.42. The van der Waals surface area contributed by atoms with Gasteiger partial charge in [-0.1, -0.05) is 29.8 Å². The quantitative estimate of drug-likeness (QED) is 0.849. The summed E-state index contributed by atoms with van der Waals surface area (Å²) in [6.07, 6.45) is 0.755. The monoisotopic (exact) mass is 301 g/mol. The third kappa shape index (κ3) is 3.21. The highest BCUT2D eigenvalue weighted by Crippen LogP contribution is 2.36. The summed E-state index contributed by atoms with van der Waals surface area (Å²) in [5.41, 5.74) is 3.55. The highest BCUT2D eigenvalue weighted by Gasteiger charge is 2.17. The van der Waals surface area contributed by atoms with E-state index in [2.05, 4.69) is 47.6 Å². The van der Waals surface area contributed by atoms with Crippen LogP contribution in [0.2, 0.25) is 0 Å². The Bertz CT molecular complexity index is 391. The molecule has 96 valence electrons. The Balaban J connectivity index is 3.31. The molecule has 1 aromatic rings. The molecule has 17 heavy (non-hydrogen) atoms. The molecule has 0 atom stereocenters. The summed E-state index contributed by atoms with van der Waals surface area (Å²) in [5, 5.41) is 0. The van der Waals surface area contributed by atoms with Crippen molar-refractivity contribution in [3.63, 3.8) is 0 Å². The van der Waals surface area contributed by atoms with Crippen LogP contribution in [0, 0.1) is 6.92 Å². The van der Waals surface area contributed by atoms with E-state index in [1.807, 2.05) is 0 Å². The fraction of sp³-hybridized carbons (Fsp3) is 0.538. The van der Waals surface area contributed by atoms with Gasteiger partial charge in [0.15, 0.2) is 0 Å². The van der Waals surface area contributed by atoms with Gasteiger partial charge in [0, 0.05) is 16.5 Å². The van der Waals surface area contributed by atoms with E-state index in [-0.39, 0.29) is 0 Å². The third-order valence-electron chi connectivity index (χ3n) is 2.93. The summed E-state index contributed by atoms with van der Waals surface area (Å²) in [6.45, 7) is 6.87. The summed E-state index contributed by atoms with van der Waals surface area (Å²) >= 11 is 3.59. The van der Waals surface area contributed by atoms with Crippen molar-refractivity contribution in [3.05, 3.63) is 27.2 Å². The average molecular weight is 302 g/mol. The van der Waals surface area contributed by atoms with Crippen LogP contribution in [-0.2, 0) is 11.3 Å². The molecule has 0 fully saturated rings. The molecule has 1 rings (SSSR count). The van der Waals surface area contributed by atoms with Crippen molar-refractivity contribution in [2.75, 3.05) is 13.7 Å². The van der Waals surface area contributed by atoms with Gasteiger partial charge in [-0.15, -0.1) is 0 Å². The van der Waals surface area contributed by atoms with Gasteiger partial charge in [-0.3, -0.25) is 0 Å². The maximum absolute atomic E-state index is 5.55. The summed E-state index contributed by atoms with van der Waals surface area (Å²) in [5.74, 6) is 6.47. The maximum Gasteiger partial charge on any atom is 0.125 e. The van der Waals surface area contributed by atoms with Crippen molar-refractivity contribution >= 4 is 15.9 Å². The lowest BCUT2D eigenvalue weighted by molar-refractivity contribution is 0.140. The largest absolute Gasteiger partial charge is 0.496 e. The van der Waals surface area contributed by atoms with Crippen molar-refractivity contribution in [3.8, 4) is 5.75 Å². The number of hydrogen-bond acceptors (Lipinski definition) is 3. The molecule has 2 N–H and O–H groups in total. The lowest BCUT2D eigenvalue weighted by Gasteiger charge is -2.19. The minimum Gasteiger partial charge on any atom is -0.496 e. The van der Waals surface area contributed by atoms with E-state index in [1.165, 1.54) is 11.1 Å². The second-order valence-electron chi connectivity index (χ2n) is 4.36. The van der Waals surface area contributed by atoms with Crippen LogP contribution in [-0.4, -0.2) is 13.7 Å². The van der Waals surface area contributed by atoms with Crippen LogP contribution in [0.1, 0.15) is 36.5 Å². The number of hydrogen-bond donors (Lipinski definition) is 1. The van der Waals surface area contributed by atoms with E-state index in [0.717, 1.165) is 22.2 Å². The Labute approximate surface area is 111 Å². The lowest BCUT2D eigenvalue weighted by atomic mass is 9.94. The van der Waals surface area contributed by atoms with Gasteiger partial charge in [-0.2, -0.15) is 0 Å². The minimum atomic E-state index is 0.416. The van der Waals surface area contributed by atoms with Crippen LogP contribution in [0.4, 0.5) is 0 Å². The molecule has 0 aliphatic carbocycles. The Kier molecular flexibility index (Phi) is 5.43. The van der Waals surface area contributed by atoms with Gasteiger partial charge in [0.1, 0.15) is 5.75 Å². The van der Waals surface area contributed by atoms with Crippen LogP contribution in [0.3, 0.4) is 0 Å². The van der Waals surface area contributed by atoms with Crippen molar-refractivity contribution < 1.29 is 9.57 Å². The second kappa shape index (κ2) is 6.38. The van der Waals surface area contributed by atoms with Gasteiger partial charge in [-0.25, -0.2) is 5.90 Å². The molecule has 0 unspecified atom stereocenters. The van der Waals surface area contributed by atoms with Crippen LogP contribution in [0.5, 0.6) is 5.75 Å². The molecular weight excluding hydrogens is 282 g/mol. The van der Waals surface area contributed by atoms with Crippen LogP contribution >= 0.6 is 15.9 Å². The zero-order valence-corrected chi connectivity index (χ0v) is 12.4. The first-order valence-electron chi connectivity index (χ1n) is 5.70. The molecule has 0 bridgehead atoms. The summed E-state index contributed by atoms with van der Waals surface area (Å²) in [7, 11) is 1.71. The first-order valence-corrected chi connectivity index (χ1v) is 6.49. The molecule has 0 amide bonds. The molecule has 0 spiro atoms. The van der Waals surface area contributed by atoms with Gasteiger partial charge in [0.2, 0.25) is 0 Å². The second-order valence-corrected chi connectivity index (χ2v) is 5.21. The smallest absolute Gasteiger partial charge is 0.125 e. The molecule has 0 radical (unpaired) electrons. The number of ether oxygens (including phenoxy) is 1. The Morgan fingerprint density at radius 1 is 1.41 bits per heavy atom. The van der Waals surface area contributed by atoms with Crippen LogP contribution in [0.25, 0.3) is 0 Å². The zero-order chi connectivity index (χ0) is 13.0. The predicted octanol–water partition coefficient (Wildman–Crippen LogP) is 3.32. The summed E-state index contributed by atoms with van der Waals surface area (Å²) in [6, 6.07) is 2.13. The van der Waals surface area contributed by atoms with E-state index >= 15 is 0 Å². The van der Waals surface area contributed by atoms with Gasteiger partial charge >= 0.3 is 0 Å². The highest BCUT2D eigenvalue weighted by atomic mass is 79.9. The van der Waals surface area contributed by atoms with Gasteiger partial charge in [0.25, 0.3) is 0 Å². The molecule has 0 aliphatic heterocycles. The van der Waals surface area contributed by atoms with Crippen molar-refractivity contribution in [2.45, 2.75) is 33.1 Å². The Hall–Kier alpha value is -0.580. The van der Waals surface area contributed by atoms with E-state index in [4.69, 9.17) is 10.6 Å². The Morgan fingerprint density at radius 3 is 2.53 bits per heavy atom. The molecule has 3 nitrogen and oxygen atoms in total. The lowest BCUT2D eigenvalue weighted by Crippen LogP contribution is -2.08. The van der Waals surface area contributed by atoms with Crippen LogP contribution in [0.15, 0.2) is 10.5 Å². The van der Waals surface area contributed by atoms with E-state index < -0.39 is 0 Å². The van der Waals surface area contributed by atoms with Gasteiger partial charge in [-0.05, 0) is 30.0 Å². The molecule has 0 heterocycles. The first-order chi connectivity index (χ1) is 8.02. The van der Waals surface area contributed by atoms with Crippen molar-refractivity contribution in [1.29, 1.82) is 0 Å². The number of methoxy groups -OCH3 is 1. The number of nitrogens with two attached hydrogens (primary N) is 1. The molecular formula is C13H20BrNO2. The molecule has 4 heteroatoms. The number of rotatable bonds is 5. The molecule has 0 aliphatic rings. The third-order valence-corrected chi connectivity index (χ3v) is 3.75. The predicted molar refractivity (Wildman–Crippen MR) is 73.4 cm³/mol. The highest BCUT2D eigenvalue weighted by molar-refractivity contribution is 9.10. The van der Waals surface area contributed by atoms with E-state index in [0.29, 0.717) is 12.5 Å². The summed E-state index contributed by atoms with van der Waals surface area (Å²) in [4.78, 5) is 4.67. The van der Waals surface area contributed by atoms with Crippen LogP contribution < -0.4 is 10.6 Å². The number of halogens is 1. The van der Waals surface area contributed by atoms with E-state index in [1.54, 1.807) is 7.11 Å². The maximum atomic E-state index is 5.55.